The Morgan fingerprint density at radius 2 is 1.96 bits per heavy atom. The minimum Gasteiger partial charge on any atom is -0.359 e. The lowest BCUT2D eigenvalue weighted by Crippen LogP contribution is -2.58. The largest absolute Gasteiger partial charge is 0.416 e. The zero-order chi connectivity index (χ0) is 19.5. The van der Waals surface area contributed by atoms with Crippen molar-refractivity contribution in [3.63, 3.8) is 0 Å². The smallest absolute Gasteiger partial charge is 0.359 e. The number of carbonyl (C=O) groups excluding carboxylic acids is 2. The molecule has 1 aromatic rings. The first-order chi connectivity index (χ1) is 12.0. The fraction of sp³-hybridized carbons (Fsp3) is 0.444. The van der Waals surface area contributed by atoms with Gasteiger partial charge in [0.25, 0.3) is 5.91 Å². The molecule has 2 amide bonds. The summed E-state index contributed by atoms with van der Waals surface area (Å²) in [5.41, 5.74) is -0.0575. The minimum absolute atomic E-state index is 0.0650. The van der Waals surface area contributed by atoms with Crippen molar-refractivity contribution in [2.24, 2.45) is 0 Å². The van der Waals surface area contributed by atoms with Crippen LogP contribution in [0.2, 0.25) is 0 Å². The Morgan fingerprint density at radius 1 is 1.35 bits per heavy atom. The summed E-state index contributed by atoms with van der Waals surface area (Å²) in [4.78, 5) is 24.9. The van der Waals surface area contributed by atoms with Crippen LogP contribution in [0, 0.1) is 0 Å². The van der Waals surface area contributed by atoms with Gasteiger partial charge in [0.05, 0.1) is 12.1 Å². The van der Waals surface area contributed by atoms with Gasteiger partial charge >= 0.3 is 6.18 Å². The van der Waals surface area contributed by atoms with Crippen LogP contribution in [-0.4, -0.2) is 47.7 Å². The van der Waals surface area contributed by atoms with E-state index in [1.54, 1.807) is 12.1 Å². The van der Waals surface area contributed by atoms with E-state index in [0.717, 1.165) is 16.5 Å². The number of nitrogens with zero attached hydrogens (tertiary/aromatic N) is 1. The minimum atomic E-state index is -4.54. The number of nitrogens with one attached hydrogen (secondary N) is 1. The molecule has 0 saturated carbocycles. The number of benzene rings is 1. The quantitative estimate of drug-likeness (QED) is 0.829. The van der Waals surface area contributed by atoms with Gasteiger partial charge in [-0.05, 0) is 37.6 Å². The molecule has 1 aliphatic heterocycles. The molecule has 1 N–H and O–H groups in total. The van der Waals surface area contributed by atoms with Crippen LogP contribution >= 0.6 is 0 Å². The standard InChI is InChI=1S/C18H21F3N2O3/c1-4-15(24)22-9-12-5-7-13(8-6-12)16(25)23-10-14(18(19,20)21)26-17(2,3)11-23/h4-8,14H,1,9-11H2,2-3H3,(H,22,24). The summed E-state index contributed by atoms with van der Waals surface area (Å²) >= 11 is 0. The Balaban J connectivity index is 2.09. The van der Waals surface area contributed by atoms with Gasteiger partial charge in [-0.25, -0.2) is 0 Å². The third kappa shape index (κ3) is 5.08. The van der Waals surface area contributed by atoms with Gasteiger partial charge in [-0.3, -0.25) is 9.59 Å². The highest BCUT2D eigenvalue weighted by atomic mass is 19.4. The number of halogens is 3. The number of carbonyl (C=O) groups is 2. The van der Waals surface area contributed by atoms with Crippen molar-refractivity contribution in [1.29, 1.82) is 0 Å². The monoisotopic (exact) mass is 370 g/mol. The highest BCUT2D eigenvalue weighted by Crippen LogP contribution is 2.32. The van der Waals surface area contributed by atoms with E-state index < -0.39 is 30.3 Å². The number of ether oxygens (including phenoxy) is 1. The Labute approximate surface area is 149 Å². The summed E-state index contributed by atoms with van der Waals surface area (Å²) in [6.45, 7) is 6.18. The Morgan fingerprint density at radius 3 is 2.50 bits per heavy atom. The summed E-state index contributed by atoms with van der Waals surface area (Å²) in [6.07, 6.45) is -5.40. The molecule has 1 saturated heterocycles. The molecule has 1 fully saturated rings. The first kappa shape index (κ1) is 20.0. The molecule has 26 heavy (non-hydrogen) atoms. The summed E-state index contributed by atoms with van der Waals surface area (Å²) in [5.74, 6) is -0.809. The third-order valence-electron chi connectivity index (χ3n) is 3.92. The van der Waals surface area contributed by atoms with E-state index in [1.807, 2.05) is 0 Å². The molecule has 5 nitrogen and oxygen atoms in total. The number of amides is 2. The molecule has 0 bridgehead atoms. The second-order valence-electron chi connectivity index (χ2n) is 6.71. The van der Waals surface area contributed by atoms with Gasteiger partial charge in [0, 0.05) is 18.7 Å². The average Bonchev–Trinajstić information content (AvgIpc) is 2.57. The molecule has 2 rings (SSSR count). The second kappa shape index (κ2) is 7.49. The van der Waals surface area contributed by atoms with E-state index >= 15 is 0 Å². The van der Waals surface area contributed by atoms with E-state index in [9.17, 15) is 22.8 Å². The van der Waals surface area contributed by atoms with Crippen molar-refractivity contribution < 1.29 is 27.5 Å². The van der Waals surface area contributed by atoms with E-state index in [-0.39, 0.29) is 24.6 Å². The maximum atomic E-state index is 13.1. The molecular weight excluding hydrogens is 349 g/mol. The van der Waals surface area contributed by atoms with E-state index in [2.05, 4.69) is 11.9 Å². The van der Waals surface area contributed by atoms with Crippen LogP contribution in [0.1, 0.15) is 29.8 Å². The van der Waals surface area contributed by atoms with Crippen LogP contribution in [0.3, 0.4) is 0 Å². The molecule has 1 aliphatic rings. The van der Waals surface area contributed by atoms with Gasteiger partial charge in [0.1, 0.15) is 0 Å². The van der Waals surface area contributed by atoms with Gasteiger partial charge < -0.3 is 15.0 Å². The molecule has 1 atom stereocenters. The lowest BCUT2D eigenvalue weighted by molar-refractivity contribution is -0.267. The summed E-state index contributed by atoms with van der Waals surface area (Å²) < 4.78 is 44.2. The van der Waals surface area contributed by atoms with Crippen LogP contribution in [-0.2, 0) is 16.1 Å². The van der Waals surface area contributed by atoms with Gasteiger partial charge in [-0.15, -0.1) is 0 Å². The number of hydrogen-bond acceptors (Lipinski definition) is 3. The van der Waals surface area contributed by atoms with Gasteiger partial charge in [0.2, 0.25) is 5.91 Å². The van der Waals surface area contributed by atoms with Crippen LogP contribution in [0.5, 0.6) is 0 Å². The summed E-state index contributed by atoms with van der Waals surface area (Å²) in [5, 5.41) is 2.60. The molecule has 1 aromatic carbocycles. The predicted octanol–water partition coefficient (Wildman–Crippen LogP) is 2.67. The van der Waals surface area contributed by atoms with E-state index in [1.165, 1.54) is 26.0 Å². The number of rotatable bonds is 4. The molecule has 1 unspecified atom stereocenters. The van der Waals surface area contributed by atoms with E-state index in [0.29, 0.717) is 0 Å². The predicted molar refractivity (Wildman–Crippen MR) is 89.4 cm³/mol. The SMILES string of the molecule is C=CC(=O)NCc1ccc(C(=O)N2CC(C(F)(F)F)OC(C)(C)C2)cc1. The van der Waals surface area contributed by atoms with Crippen molar-refractivity contribution in [1.82, 2.24) is 10.2 Å². The van der Waals surface area contributed by atoms with Crippen LogP contribution in [0.15, 0.2) is 36.9 Å². The van der Waals surface area contributed by atoms with E-state index in [4.69, 9.17) is 4.74 Å². The van der Waals surface area contributed by atoms with Crippen LogP contribution < -0.4 is 5.32 Å². The normalized spacial score (nSPS) is 19.7. The first-order valence-corrected chi connectivity index (χ1v) is 8.05. The molecule has 0 aliphatic carbocycles. The lowest BCUT2D eigenvalue weighted by atomic mass is 10.0. The fourth-order valence-electron chi connectivity index (χ4n) is 2.72. The molecular formula is C18H21F3N2O3. The first-order valence-electron chi connectivity index (χ1n) is 8.05. The van der Waals surface area contributed by atoms with Crippen molar-refractivity contribution in [2.75, 3.05) is 13.1 Å². The Bertz CT molecular complexity index is 684. The number of morpholine rings is 1. The number of hydrogen-bond donors (Lipinski definition) is 1. The average molecular weight is 370 g/mol. The molecule has 0 aromatic heterocycles. The Kier molecular flexibility index (Phi) is 5.75. The molecule has 0 spiro atoms. The van der Waals surface area contributed by atoms with Crippen LogP contribution in [0.4, 0.5) is 13.2 Å². The third-order valence-corrected chi connectivity index (χ3v) is 3.92. The van der Waals surface area contributed by atoms with Crippen molar-refractivity contribution in [2.45, 2.75) is 38.3 Å². The van der Waals surface area contributed by atoms with Gasteiger partial charge in [-0.1, -0.05) is 18.7 Å². The van der Waals surface area contributed by atoms with Crippen LogP contribution in [0.25, 0.3) is 0 Å². The lowest BCUT2D eigenvalue weighted by Gasteiger charge is -2.43. The fourth-order valence-corrected chi connectivity index (χ4v) is 2.72. The zero-order valence-electron chi connectivity index (χ0n) is 14.6. The van der Waals surface area contributed by atoms with Gasteiger partial charge in [0.15, 0.2) is 6.10 Å². The maximum Gasteiger partial charge on any atom is 0.416 e. The zero-order valence-corrected chi connectivity index (χ0v) is 14.6. The van der Waals surface area contributed by atoms with Crippen molar-refractivity contribution >= 4 is 11.8 Å². The molecule has 142 valence electrons. The highest BCUT2D eigenvalue weighted by molar-refractivity contribution is 5.94. The highest BCUT2D eigenvalue weighted by Gasteiger charge is 2.49. The number of alkyl halides is 3. The molecule has 8 heteroatoms. The van der Waals surface area contributed by atoms with Crippen molar-refractivity contribution in [3.8, 4) is 0 Å². The molecule has 1 heterocycles. The molecule has 0 radical (unpaired) electrons. The van der Waals surface area contributed by atoms with Gasteiger partial charge in [-0.2, -0.15) is 13.2 Å². The summed E-state index contributed by atoms with van der Waals surface area (Å²) in [6, 6.07) is 6.35. The van der Waals surface area contributed by atoms with Crippen molar-refractivity contribution in [3.05, 3.63) is 48.0 Å². The maximum absolute atomic E-state index is 13.1. The Hall–Kier alpha value is -2.35. The summed E-state index contributed by atoms with van der Waals surface area (Å²) in [7, 11) is 0. The second-order valence-corrected chi connectivity index (χ2v) is 6.71. The topological polar surface area (TPSA) is 58.6 Å².